The minimum atomic E-state index is -0.534. The van der Waals surface area contributed by atoms with Crippen LogP contribution in [0.1, 0.15) is 30.9 Å². The van der Waals surface area contributed by atoms with Crippen molar-refractivity contribution in [3.05, 3.63) is 63.7 Å². The highest BCUT2D eigenvalue weighted by atomic mass is 16.6. The summed E-state index contributed by atoms with van der Waals surface area (Å²) in [6.07, 6.45) is 2.58. The molecule has 1 unspecified atom stereocenters. The van der Waals surface area contributed by atoms with E-state index in [2.05, 4.69) is 29.3 Å². The Hall–Kier alpha value is -3.13. The third-order valence-electron chi connectivity index (χ3n) is 5.38. The Labute approximate surface area is 182 Å². The first-order valence-corrected chi connectivity index (χ1v) is 10.5. The van der Waals surface area contributed by atoms with Crippen molar-refractivity contribution in [2.24, 2.45) is 5.92 Å². The first-order valence-electron chi connectivity index (χ1n) is 10.5. The summed E-state index contributed by atoms with van der Waals surface area (Å²) in [5.74, 6) is 0.900. The molecule has 3 rings (SSSR count). The van der Waals surface area contributed by atoms with Crippen molar-refractivity contribution >= 4 is 11.6 Å². The lowest BCUT2D eigenvalue weighted by Gasteiger charge is -2.30. The quantitative estimate of drug-likeness (QED) is 0.486. The fourth-order valence-corrected chi connectivity index (χ4v) is 3.75. The molecule has 2 aromatic carbocycles. The van der Waals surface area contributed by atoms with Crippen LogP contribution in [-0.4, -0.2) is 42.5 Å². The number of nitrogens with zero attached hydrogens (tertiary/aromatic N) is 2. The maximum atomic E-state index is 12.1. The number of methoxy groups -OCH3 is 1. The lowest BCUT2D eigenvalue weighted by Crippen LogP contribution is -2.33. The summed E-state index contributed by atoms with van der Waals surface area (Å²) in [6, 6.07) is 12.4. The van der Waals surface area contributed by atoms with E-state index in [-0.39, 0.29) is 24.0 Å². The Morgan fingerprint density at radius 1 is 1.23 bits per heavy atom. The number of likely N-dealkylation sites (tertiary alicyclic amines) is 1. The number of amides is 1. The number of benzene rings is 2. The van der Waals surface area contributed by atoms with E-state index in [9.17, 15) is 14.9 Å². The highest BCUT2D eigenvalue weighted by Gasteiger charge is 2.17. The number of hydrogen-bond acceptors (Lipinski definition) is 6. The number of piperidine rings is 1. The molecule has 1 heterocycles. The molecule has 8 heteroatoms. The Bertz CT molecular complexity index is 901. The van der Waals surface area contributed by atoms with Crippen LogP contribution in [0, 0.1) is 16.0 Å². The van der Waals surface area contributed by atoms with Crippen LogP contribution in [0.5, 0.6) is 11.5 Å². The summed E-state index contributed by atoms with van der Waals surface area (Å²) in [4.78, 5) is 25.0. The van der Waals surface area contributed by atoms with Crippen molar-refractivity contribution in [3.63, 3.8) is 0 Å². The van der Waals surface area contributed by atoms with Gasteiger partial charge in [0, 0.05) is 31.8 Å². The average molecular weight is 428 g/mol. The smallest absolute Gasteiger partial charge is 0.311 e. The summed E-state index contributed by atoms with van der Waals surface area (Å²) >= 11 is 0. The molecular weight excluding hydrogens is 398 g/mol. The van der Waals surface area contributed by atoms with E-state index in [0.717, 1.165) is 31.1 Å². The maximum Gasteiger partial charge on any atom is 0.311 e. The largest absolute Gasteiger partial charge is 0.490 e. The molecule has 8 nitrogen and oxygen atoms in total. The minimum Gasteiger partial charge on any atom is -0.490 e. The first-order chi connectivity index (χ1) is 14.9. The maximum absolute atomic E-state index is 12.1. The van der Waals surface area contributed by atoms with Gasteiger partial charge >= 0.3 is 5.69 Å². The van der Waals surface area contributed by atoms with E-state index in [1.165, 1.54) is 43.7 Å². The molecule has 0 bridgehead atoms. The SMILES string of the molecule is COc1cc(OCC(=O)NCc2ccc(CN3CCCC(C)C3)cc2)ccc1[N+](=O)[O-]. The van der Waals surface area contributed by atoms with Gasteiger partial charge in [0.15, 0.2) is 6.61 Å². The molecule has 1 fully saturated rings. The molecule has 1 atom stereocenters. The summed E-state index contributed by atoms with van der Waals surface area (Å²) in [5.41, 5.74) is 2.14. The second-order valence-corrected chi connectivity index (χ2v) is 7.96. The van der Waals surface area contributed by atoms with Gasteiger partial charge in [0.05, 0.1) is 12.0 Å². The number of carbonyl (C=O) groups excluding carboxylic acids is 1. The summed E-state index contributed by atoms with van der Waals surface area (Å²) < 4.78 is 10.4. The third-order valence-corrected chi connectivity index (χ3v) is 5.38. The Kier molecular flexibility index (Phi) is 7.83. The number of nitrogens with one attached hydrogen (secondary N) is 1. The van der Waals surface area contributed by atoms with Crippen molar-refractivity contribution in [3.8, 4) is 11.5 Å². The first kappa shape index (κ1) is 22.6. The number of ether oxygens (including phenoxy) is 2. The number of carbonyl (C=O) groups is 1. The second kappa shape index (κ2) is 10.8. The van der Waals surface area contributed by atoms with Gasteiger partial charge in [0.2, 0.25) is 5.75 Å². The van der Waals surface area contributed by atoms with E-state index in [1.54, 1.807) is 0 Å². The molecule has 0 spiro atoms. The molecule has 0 aromatic heterocycles. The van der Waals surface area contributed by atoms with Crippen LogP contribution < -0.4 is 14.8 Å². The fraction of sp³-hybridized carbons (Fsp3) is 0.435. The highest BCUT2D eigenvalue weighted by molar-refractivity contribution is 5.77. The Balaban J connectivity index is 1.44. The van der Waals surface area contributed by atoms with Gasteiger partial charge < -0.3 is 14.8 Å². The molecular formula is C23H29N3O5. The third kappa shape index (κ3) is 6.68. The molecule has 1 N–H and O–H groups in total. The molecule has 1 aliphatic rings. The molecule has 1 saturated heterocycles. The highest BCUT2D eigenvalue weighted by Crippen LogP contribution is 2.30. The number of hydrogen-bond donors (Lipinski definition) is 1. The summed E-state index contributed by atoms with van der Waals surface area (Å²) in [5, 5.41) is 13.8. The van der Waals surface area contributed by atoms with Crippen LogP contribution in [0.4, 0.5) is 5.69 Å². The van der Waals surface area contributed by atoms with Gasteiger partial charge in [-0.25, -0.2) is 0 Å². The van der Waals surface area contributed by atoms with Gasteiger partial charge in [0.1, 0.15) is 5.75 Å². The van der Waals surface area contributed by atoms with Crippen molar-refractivity contribution in [2.75, 3.05) is 26.8 Å². The van der Waals surface area contributed by atoms with Crippen LogP contribution in [0.15, 0.2) is 42.5 Å². The molecule has 1 amide bonds. The number of nitro groups is 1. The van der Waals surface area contributed by atoms with E-state index in [1.807, 2.05) is 12.1 Å². The molecule has 0 aliphatic carbocycles. The van der Waals surface area contributed by atoms with Gasteiger partial charge in [-0.15, -0.1) is 0 Å². The van der Waals surface area contributed by atoms with E-state index < -0.39 is 4.92 Å². The number of nitro benzene ring substituents is 1. The van der Waals surface area contributed by atoms with Crippen molar-refractivity contribution in [1.82, 2.24) is 10.2 Å². The topological polar surface area (TPSA) is 93.9 Å². The zero-order valence-corrected chi connectivity index (χ0v) is 18.0. The number of rotatable bonds is 9. The summed E-state index contributed by atoms with van der Waals surface area (Å²) in [6.45, 7) is 5.80. The normalized spacial score (nSPS) is 16.5. The zero-order chi connectivity index (χ0) is 22.2. The van der Waals surface area contributed by atoms with Crippen molar-refractivity contribution < 1.29 is 19.2 Å². The van der Waals surface area contributed by atoms with Gasteiger partial charge in [-0.2, -0.15) is 0 Å². The molecule has 0 saturated carbocycles. The molecule has 0 radical (unpaired) electrons. The molecule has 1 aliphatic heterocycles. The predicted molar refractivity (Wildman–Crippen MR) is 117 cm³/mol. The lowest BCUT2D eigenvalue weighted by molar-refractivity contribution is -0.385. The Morgan fingerprint density at radius 2 is 1.97 bits per heavy atom. The van der Waals surface area contributed by atoms with E-state index >= 15 is 0 Å². The molecule has 31 heavy (non-hydrogen) atoms. The monoisotopic (exact) mass is 427 g/mol. The van der Waals surface area contributed by atoms with Gasteiger partial charge in [-0.3, -0.25) is 19.8 Å². The average Bonchev–Trinajstić information content (AvgIpc) is 2.77. The predicted octanol–water partition coefficient (Wildman–Crippen LogP) is 3.53. The van der Waals surface area contributed by atoms with E-state index in [0.29, 0.717) is 12.3 Å². The van der Waals surface area contributed by atoms with Crippen LogP contribution in [0.25, 0.3) is 0 Å². The minimum absolute atomic E-state index is 0.0852. The Morgan fingerprint density at radius 3 is 2.65 bits per heavy atom. The van der Waals surface area contributed by atoms with Crippen LogP contribution in [0.3, 0.4) is 0 Å². The van der Waals surface area contributed by atoms with Crippen molar-refractivity contribution in [1.29, 1.82) is 0 Å². The lowest BCUT2D eigenvalue weighted by atomic mass is 9.99. The van der Waals surface area contributed by atoms with Crippen LogP contribution in [0.2, 0.25) is 0 Å². The van der Waals surface area contributed by atoms with Gasteiger partial charge in [-0.1, -0.05) is 31.2 Å². The van der Waals surface area contributed by atoms with Crippen LogP contribution in [-0.2, 0) is 17.9 Å². The van der Waals surface area contributed by atoms with Crippen molar-refractivity contribution in [2.45, 2.75) is 32.9 Å². The summed E-state index contributed by atoms with van der Waals surface area (Å²) in [7, 11) is 1.34. The standard InChI is InChI=1S/C23H29N3O5/c1-17-4-3-11-25(14-17)15-19-7-5-18(6-8-19)13-24-23(27)16-31-20-9-10-21(26(28)29)22(12-20)30-2/h5-10,12,17H,3-4,11,13-16H2,1-2H3,(H,24,27). The molecule has 166 valence electrons. The van der Waals surface area contributed by atoms with Crippen LogP contribution >= 0.6 is 0 Å². The zero-order valence-electron chi connectivity index (χ0n) is 18.0. The van der Waals surface area contributed by atoms with Gasteiger partial charge in [0.25, 0.3) is 5.91 Å². The fourth-order valence-electron chi connectivity index (χ4n) is 3.75. The van der Waals surface area contributed by atoms with Gasteiger partial charge in [-0.05, 0) is 42.5 Å². The molecule has 2 aromatic rings. The van der Waals surface area contributed by atoms with E-state index in [4.69, 9.17) is 9.47 Å². The second-order valence-electron chi connectivity index (χ2n) is 7.96.